The second-order valence-corrected chi connectivity index (χ2v) is 8.62. The molecule has 0 saturated carbocycles. The van der Waals surface area contributed by atoms with E-state index in [0.29, 0.717) is 33.7 Å². The second-order valence-electron chi connectivity index (χ2n) is 8.21. The Kier molecular flexibility index (Phi) is 5.17. The van der Waals surface area contributed by atoms with Gasteiger partial charge in [-0.3, -0.25) is 9.69 Å². The minimum atomic E-state index is -0.179. The molecule has 2 aliphatic rings. The Labute approximate surface area is 179 Å². The van der Waals surface area contributed by atoms with E-state index < -0.39 is 0 Å². The highest BCUT2D eigenvalue weighted by molar-refractivity contribution is 6.35. The summed E-state index contributed by atoms with van der Waals surface area (Å²) in [5, 5.41) is 1.02. The van der Waals surface area contributed by atoms with Crippen LogP contribution in [0.15, 0.2) is 53.3 Å². The molecular formula is C24H23ClFN3O. The van der Waals surface area contributed by atoms with E-state index in [0.717, 1.165) is 44.3 Å². The number of halogens is 2. The van der Waals surface area contributed by atoms with Gasteiger partial charge in [0.05, 0.1) is 15.9 Å². The van der Waals surface area contributed by atoms with Crippen molar-refractivity contribution in [3.05, 3.63) is 81.1 Å². The van der Waals surface area contributed by atoms with E-state index in [1.807, 2.05) is 12.1 Å². The molecule has 5 rings (SSSR count). The first-order chi connectivity index (χ1) is 14.6. The van der Waals surface area contributed by atoms with Crippen molar-refractivity contribution >= 4 is 28.1 Å². The smallest absolute Gasteiger partial charge is 0.259 e. The minimum Gasteiger partial charge on any atom is -0.306 e. The normalized spacial score (nSPS) is 20.6. The molecule has 1 atom stereocenters. The van der Waals surface area contributed by atoms with Crippen LogP contribution in [0.4, 0.5) is 4.39 Å². The number of allylic oxidation sites excluding steroid dienone is 1. The quantitative estimate of drug-likeness (QED) is 0.634. The summed E-state index contributed by atoms with van der Waals surface area (Å²) in [5.41, 5.74) is 2.72. The van der Waals surface area contributed by atoms with Crippen molar-refractivity contribution in [2.75, 3.05) is 13.1 Å². The van der Waals surface area contributed by atoms with Gasteiger partial charge in [0, 0.05) is 6.04 Å². The summed E-state index contributed by atoms with van der Waals surface area (Å²) in [5.74, 6) is 0.943. The van der Waals surface area contributed by atoms with Crippen LogP contribution in [-0.2, 0) is 0 Å². The molecule has 154 valence electrons. The lowest BCUT2D eigenvalue weighted by Crippen LogP contribution is -2.39. The predicted octanol–water partition coefficient (Wildman–Crippen LogP) is 5.14. The number of H-pyrrole nitrogens is 1. The van der Waals surface area contributed by atoms with Crippen molar-refractivity contribution in [1.82, 2.24) is 14.9 Å². The van der Waals surface area contributed by atoms with Crippen molar-refractivity contribution in [2.24, 2.45) is 0 Å². The SMILES string of the molecule is O=c1[nH]c(C2=C[C@H](N3CCC(c4ccc(F)cc4)CC3)CC2)nc2c(Cl)cccc12. The zero-order valence-electron chi connectivity index (χ0n) is 16.6. The fourth-order valence-electron chi connectivity index (χ4n) is 4.77. The number of aromatic amines is 1. The lowest BCUT2D eigenvalue weighted by atomic mass is 9.89. The van der Waals surface area contributed by atoms with Crippen LogP contribution in [-0.4, -0.2) is 34.0 Å². The van der Waals surface area contributed by atoms with Crippen LogP contribution < -0.4 is 5.56 Å². The fraction of sp³-hybridized carbons (Fsp3) is 0.333. The molecule has 1 aliphatic carbocycles. The first-order valence-electron chi connectivity index (χ1n) is 10.5. The Hall–Kier alpha value is -2.50. The molecule has 0 amide bonds. The molecular weight excluding hydrogens is 401 g/mol. The number of hydrogen-bond donors (Lipinski definition) is 1. The summed E-state index contributed by atoms with van der Waals surface area (Å²) in [4.78, 5) is 22.6. The summed E-state index contributed by atoms with van der Waals surface area (Å²) < 4.78 is 13.2. The summed E-state index contributed by atoms with van der Waals surface area (Å²) in [7, 11) is 0. The van der Waals surface area contributed by atoms with Crippen LogP contribution in [0.25, 0.3) is 16.5 Å². The van der Waals surface area contributed by atoms with Gasteiger partial charge in [0.25, 0.3) is 5.56 Å². The van der Waals surface area contributed by atoms with Gasteiger partial charge in [-0.2, -0.15) is 0 Å². The predicted molar refractivity (Wildman–Crippen MR) is 118 cm³/mol. The number of likely N-dealkylation sites (tertiary alicyclic amines) is 1. The largest absolute Gasteiger partial charge is 0.306 e. The van der Waals surface area contributed by atoms with Gasteiger partial charge < -0.3 is 4.98 Å². The number of rotatable bonds is 3. The maximum absolute atomic E-state index is 13.2. The van der Waals surface area contributed by atoms with Gasteiger partial charge in [-0.15, -0.1) is 0 Å². The van der Waals surface area contributed by atoms with Crippen LogP contribution in [0.5, 0.6) is 0 Å². The van der Waals surface area contributed by atoms with E-state index >= 15 is 0 Å². The van der Waals surface area contributed by atoms with E-state index in [1.54, 1.807) is 30.3 Å². The molecule has 1 aromatic heterocycles. The molecule has 6 heteroatoms. The molecule has 1 fully saturated rings. The molecule has 1 N–H and O–H groups in total. The summed E-state index contributed by atoms with van der Waals surface area (Å²) in [6.45, 7) is 2.04. The Morgan fingerprint density at radius 1 is 1.07 bits per heavy atom. The zero-order valence-corrected chi connectivity index (χ0v) is 17.3. The Morgan fingerprint density at radius 3 is 2.60 bits per heavy atom. The average molecular weight is 424 g/mol. The second kappa shape index (κ2) is 7.97. The lowest BCUT2D eigenvalue weighted by molar-refractivity contribution is 0.176. The highest BCUT2D eigenvalue weighted by atomic mass is 35.5. The maximum Gasteiger partial charge on any atom is 0.259 e. The molecule has 4 nitrogen and oxygen atoms in total. The third-order valence-corrected chi connectivity index (χ3v) is 6.74. The van der Waals surface area contributed by atoms with Gasteiger partial charge in [0.15, 0.2) is 0 Å². The molecule has 3 aromatic rings. The topological polar surface area (TPSA) is 49.0 Å². The maximum atomic E-state index is 13.2. The number of aromatic nitrogens is 2. The summed E-state index contributed by atoms with van der Waals surface area (Å²) in [6, 6.07) is 12.6. The zero-order chi connectivity index (χ0) is 20.7. The molecule has 30 heavy (non-hydrogen) atoms. The molecule has 0 spiro atoms. The van der Waals surface area contributed by atoms with E-state index in [2.05, 4.69) is 20.9 Å². The number of para-hydroxylation sites is 1. The summed E-state index contributed by atoms with van der Waals surface area (Å²) in [6.07, 6.45) is 6.32. The third-order valence-electron chi connectivity index (χ3n) is 6.43. The van der Waals surface area contributed by atoms with Crippen LogP contribution in [0.2, 0.25) is 5.02 Å². The fourth-order valence-corrected chi connectivity index (χ4v) is 4.98. The van der Waals surface area contributed by atoms with Gasteiger partial charge in [-0.05, 0) is 80.1 Å². The van der Waals surface area contributed by atoms with E-state index in [4.69, 9.17) is 11.6 Å². The van der Waals surface area contributed by atoms with Gasteiger partial charge >= 0.3 is 0 Å². The van der Waals surface area contributed by atoms with Gasteiger partial charge in [0.1, 0.15) is 11.6 Å². The summed E-state index contributed by atoms with van der Waals surface area (Å²) >= 11 is 6.27. The Morgan fingerprint density at radius 2 is 1.83 bits per heavy atom. The Bertz CT molecular complexity index is 1160. The number of piperidine rings is 1. The molecule has 0 radical (unpaired) electrons. The standard InChI is InChI=1S/C24H23ClFN3O/c25-21-3-1-2-20-22(21)27-23(28-24(20)30)17-6-9-19(14-17)29-12-10-16(11-13-29)15-4-7-18(26)8-5-15/h1-5,7-8,14,16,19H,6,9-13H2,(H,27,28,30)/t19-/m1/s1. The van der Waals surface area contributed by atoms with Crippen molar-refractivity contribution < 1.29 is 4.39 Å². The van der Waals surface area contributed by atoms with Crippen molar-refractivity contribution in [2.45, 2.75) is 37.6 Å². The van der Waals surface area contributed by atoms with Crippen molar-refractivity contribution in [1.29, 1.82) is 0 Å². The highest BCUT2D eigenvalue weighted by Gasteiger charge is 2.28. The molecule has 0 unspecified atom stereocenters. The van der Waals surface area contributed by atoms with E-state index in [-0.39, 0.29) is 11.4 Å². The van der Waals surface area contributed by atoms with Crippen molar-refractivity contribution in [3.8, 4) is 0 Å². The molecule has 1 saturated heterocycles. The number of hydrogen-bond acceptors (Lipinski definition) is 3. The van der Waals surface area contributed by atoms with Gasteiger partial charge in [0.2, 0.25) is 0 Å². The van der Waals surface area contributed by atoms with Gasteiger partial charge in [-0.1, -0.05) is 35.9 Å². The monoisotopic (exact) mass is 423 g/mol. The number of benzene rings is 2. The van der Waals surface area contributed by atoms with Crippen molar-refractivity contribution in [3.63, 3.8) is 0 Å². The lowest BCUT2D eigenvalue weighted by Gasteiger charge is -2.35. The first kappa shape index (κ1) is 19.5. The minimum absolute atomic E-state index is 0.151. The number of fused-ring (bicyclic) bond motifs is 1. The molecule has 1 aliphatic heterocycles. The van der Waals surface area contributed by atoms with Crippen LogP contribution in [0.3, 0.4) is 0 Å². The highest BCUT2D eigenvalue weighted by Crippen LogP contribution is 2.34. The number of nitrogens with one attached hydrogen (secondary N) is 1. The first-order valence-corrected chi connectivity index (χ1v) is 10.9. The third kappa shape index (κ3) is 3.68. The van der Waals surface area contributed by atoms with E-state index in [9.17, 15) is 9.18 Å². The van der Waals surface area contributed by atoms with Crippen LogP contribution >= 0.6 is 11.6 Å². The molecule has 2 heterocycles. The van der Waals surface area contributed by atoms with E-state index in [1.165, 1.54) is 5.56 Å². The molecule has 2 aromatic carbocycles. The number of nitrogens with zero attached hydrogens (tertiary/aromatic N) is 2. The molecule has 0 bridgehead atoms. The van der Waals surface area contributed by atoms with Gasteiger partial charge in [-0.25, -0.2) is 9.37 Å². The van der Waals surface area contributed by atoms with Crippen LogP contribution in [0.1, 0.15) is 43.0 Å². The average Bonchev–Trinajstić information content (AvgIpc) is 3.25. The van der Waals surface area contributed by atoms with Crippen LogP contribution in [0, 0.1) is 5.82 Å². The Balaban J connectivity index is 1.31.